The van der Waals surface area contributed by atoms with E-state index < -0.39 is 15.7 Å². The second-order valence-corrected chi connectivity index (χ2v) is 8.58. The number of hydrogen-bond acceptors (Lipinski definition) is 4. The first kappa shape index (κ1) is 18.7. The molecule has 2 aromatic rings. The number of nitrogens with zero attached hydrogens (tertiary/aromatic N) is 2. The second-order valence-electron chi connectivity index (χ2n) is 6.26. The van der Waals surface area contributed by atoms with Gasteiger partial charge >= 0.3 is 0 Å². The summed E-state index contributed by atoms with van der Waals surface area (Å²) < 4.78 is 26.7. The Bertz CT molecular complexity index is 829. The first-order chi connectivity index (χ1) is 11.2. The summed E-state index contributed by atoms with van der Waals surface area (Å²) in [6, 6.07) is 5.41. The van der Waals surface area contributed by atoms with Crippen LogP contribution in [0.2, 0.25) is 5.02 Å². The zero-order valence-electron chi connectivity index (χ0n) is 14.6. The summed E-state index contributed by atoms with van der Waals surface area (Å²) in [6.45, 7) is 7.42. The maximum absolute atomic E-state index is 12.3. The number of halogens is 1. The van der Waals surface area contributed by atoms with Crippen LogP contribution in [-0.4, -0.2) is 33.9 Å². The molecular weight excluding hydrogens is 348 g/mol. The minimum Gasteiger partial charge on any atom is -0.495 e. The summed E-state index contributed by atoms with van der Waals surface area (Å²) in [5, 5.41) is 1.32. The number of aromatic nitrogens is 1. The lowest BCUT2D eigenvalue weighted by Crippen LogP contribution is -2.20. The number of methoxy groups -OCH3 is 2. The molecule has 0 bridgehead atoms. The molecular formula is C17H21ClN2O3S. The largest absolute Gasteiger partial charge is 0.495 e. The molecule has 0 unspecified atom stereocenters. The van der Waals surface area contributed by atoms with Crippen molar-refractivity contribution in [3.63, 3.8) is 0 Å². The van der Waals surface area contributed by atoms with Crippen LogP contribution in [0.3, 0.4) is 0 Å². The molecule has 0 saturated carbocycles. The predicted molar refractivity (Wildman–Crippen MR) is 100.0 cm³/mol. The van der Waals surface area contributed by atoms with Crippen molar-refractivity contribution in [3.8, 4) is 11.6 Å². The SMILES string of the molecule is COc1cc2nc(OC)c(C(C)=N[S@@](=O)C(C)(C)C)cc2cc1Cl. The molecule has 0 amide bonds. The highest BCUT2D eigenvalue weighted by Crippen LogP contribution is 2.32. The molecule has 0 fully saturated rings. The van der Waals surface area contributed by atoms with Gasteiger partial charge in [-0.05, 0) is 39.8 Å². The van der Waals surface area contributed by atoms with Gasteiger partial charge in [0.05, 0.1) is 40.8 Å². The van der Waals surface area contributed by atoms with Crippen molar-refractivity contribution in [1.82, 2.24) is 4.98 Å². The van der Waals surface area contributed by atoms with Gasteiger partial charge in [0.25, 0.3) is 0 Å². The van der Waals surface area contributed by atoms with E-state index in [0.717, 1.165) is 5.39 Å². The van der Waals surface area contributed by atoms with E-state index >= 15 is 0 Å². The van der Waals surface area contributed by atoms with Gasteiger partial charge in [-0.15, -0.1) is 0 Å². The van der Waals surface area contributed by atoms with E-state index in [2.05, 4.69) is 9.38 Å². The number of benzene rings is 1. The van der Waals surface area contributed by atoms with Gasteiger partial charge in [-0.3, -0.25) is 0 Å². The molecule has 0 aliphatic carbocycles. The van der Waals surface area contributed by atoms with Gasteiger partial charge in [-0.1, -0.05) is 11.6 Å². The summed E-state index contributed by atoms with van der Waals surface area (Å²) in [5.74, 6) is 0.963. The fraction of sp³-hybridized carbons (Fsp3) is 0.412. The maximum Gasteiger partial charge on any atom is 0.222 e. The summed E-state index contributed by atoms with van der Waals surface area (Å²) in [5.41, 5.74) is 1.98. The Balaban J connectivity index is 2.61. The minimum absolute atomic E-state index is 0.416. The van der Waals surface area contributed by atoms with Gasteiger partial charge in [0.2, 0.25) is 5.88 Å². The molecule has 0 aliphatic heterocycles. The molecule has 0 N–H and O–H groups in total. The van der Waals surface area contributed by atoms with Crippen LogP contribution >= 0.6 is 11.6 Å². The molecule has 24 heavy (non-hydrogen) atoms. The van der Waals surface area contributed by atoms with Crippen LogP contribution in [0.15, 0.2) is 22.6 Å². The Kier molecular flexibility index (Phi) is 5.50. The fourth-order valence-corrected chi connectivity index (χ4v) is 2.91. The smallest absolute Gasteiger partial charge is 0.222 e. The van der Waals surface area contributed by atoms with Crippen LogP contribution < -0.4 is 9.47 Å². The Morgan fingerprint density at radius 3 is 2.42 bits per heavy atom. The normalized spacial score (nSPS) is 13.9. The van der Waals surface area contributed by atoms with Crippen molar-refractivity contribution in [2.45, 2.75) is 32.4 Å². The van der Waals surface area contributed by atoms with Gasteiger partial charge in [-0.2, -0.15) is 4.40 Å². The summed E-state index contributed by atoms with van der Waals surface area (Å²) >= 11 is 6.19. The highest BCUT2D eigenvalue weighted by Gasteiger charge is 2.20. The average Bonchev–Trinajstić information content (AvgIpc) is 2.51. The monoisotopic (exact) mass is 368 g/mol. The Labute approximate surface area is 149 Å². The van der Waals surface area contributed by atoms with E-state index in [1.807, 2.05) is 26.8 Å². The van der Waals surface area contributed by atoms with Crippen molar-refractivity contribution in [3.05, 3.63) is 28.8 Å². The van der Waals surface area contributed by atoms with Gasteiger partial charge in [-0.25, -0.2) is 9.19 Å². The van der Waals surface area contributed by atoms with E-state index in [0.29, 0.717) is 33.4 Å². The van der Waals surface area contributed by atoms with Crippen molar-refractivity contribution < 1.29 is 13.7 Å². The second kappa shape index (κ2) is 7.07. The molecule has 0 aliphatic rings. The highest BCUT2D eigenvalue weighted by atomic mass is 35.5. The molecule has 1 aromatic carbocycles. The number of ether oxygens (including phenoxy) is 2. The van der Waals surface area contributed by atoms with Crippen molar-refractivity contribution in [1.29, 1.82) is 0 Å². The molecule has 130 valence electrons. The Hall–Kier alpha value is -1.66. The standard InChI is InChI=1S/C17H21ClN2O3S/c1-10(20-24(21)17(2,3)4)12-7-11-8-13(18)15(22-5)9-14(11)19-16(12)23-6/h7-9H,1-6H3/t24-/m0/s1. The Morgan fingerprint density at radius 1 is 1.21 bits per heavy atom. The van der Waals surface area contributed by atoms with Crippen molar-refractivity contribution in [2.24, 2.45) is 4.40 Å². The number of pyridine rings is 1. The zero-order valence-corrected chi connectivity index (χ0v) is 16.2. The quantitative estimate of drug-likeness (QED) is 0.759. The number of fused-ring (bicyclic) bond motifs is 1. The van der Waals surface area contributed by atoms with Crippen LogP contribution in [0, 0.1) is 0 Å². The van der Waals surface area contributed by atoms with Crippen molar-refractivity contribution >= 4 is 39.2 Å². The van der Waals surface area contributed by atoms with E-state index in [1.165, 1.54) is 0 Å². The van der Waals surface area contributed by atoms with E-state index in [-0.39, 0.29) is 0 Å². The summed E-state index contributed by atoms with van der Waals surface area (Å²) in [6.07, 6.45) is 0. The van der Waals surface area contributed by atoms with E-state index in [1.54, 1.807) is 33.3 Å². The third-order valence-corrected chi connectivity index (χ3v) is 5.16. The molecule has 5 nitrogen and oxygen atoms in total. The molecule has 7 heteroatoms. The molecule has 1 aromatic heterocycles. The van der Waals surface area contributed by atoms with Crippen LogP contribution in [0.5, 0.6) is 11.6 Å². The van der Waals surface area contributed by atoms with Gasteiger partial charge in [0.1, 0.15) is 16.7 Å². The lowest BCUT2D eigenvalue weighted by Gasteiger charge is -2.15. The molecule has 0 saturated heterocycles. The lowest BCUT2D eigenvalue weighted by molar-refractivity contribution is 0.398. The maximum atomic E-state index is 12.3. The number of hydrogen-bond donors (Lipinski definition) is 0. The predicted octanol–water partition coefficient (Wildman–Crippen LogP) is 4.18. The molecule has 1 atom stereocenters. The summed E-state index contributed by atoms with van der Waals surface area (Å²) in [4.78, 5) is 4.49. The first-order valence-corrected chi connectivity index (χ1v) is 8.85. The average molecular weight is 369 g/mol. The van der Waals surface area contributed by atoms with Gasteiger partial charge in [0, 0.05) is 11.5 Å². The summed E-state index contributed by atoms with van der Waals surface area (Å²) in [7, 11) is 1.73. The highest BCUT2D eigenvalue weighted by molar-refractivity contribution is 7.85. The van der Waals surface area contributed by atoms with Gasteiger partial charge in [0.15, 0.2) is 0 Å². The van der Waals surface area contributed by atoms with Gasteiger partial charge < -0.3 is 9.47 Å². The van der Waals surface area contributed by atoms with E-state index in [9.17, 15) is 4.21 Å². The third-order valence-electron chi connectivity index (χ3n) is 3.38. The van der Waals surface area contributed by atoms with E-state index in [4.69, 9.17) is 21.1 Å². The molecule has 2 rings (SSSR count). The van der Waals surface area contributed by atoms with Crippen LogP contribution in [0.25, 0.3) is 10.9 Å². The van der Waals surface area contributed by atoms with Crippen LogP contribution in [-0.2, 0) is 11.0 Å². The topological polar surface area (TPSA) is 60.8 Å². The first-order valence-electron chi connectivity index (χ1n) is 7.37. The fourth-order valence-electron chi connectivity index (χ4n) is 2.04. The van der Waals surface area contributed by atoms with Crippen LogP contribution in [0.4, 0.5) is 0 Å². The zero-order chi connectivity index (χ0) is 18.1. The van der Waals surface area contributed by atoms with Crippen molar-refractivity contribution in [2.75, 3.05) is 14.2 Å². The minimum atomic E-state index is -1.36. The molecule has 0 radical (unpaired) electrons. The molecule has 0 spiro atoms. The molecule has 1 heterocycles. The lowest BCUT2D eigenvalue weighted by atomic mass is 10.1. The number of rotatable bonds is 4. The third kappa shape index (κ3) is 3.87. The van der Waals surface area contributed by atoms with Crippen LogP contribution in [0.1, 0.15) is 33.3 Å². The Morgan fingerprint density at radius 2 is 1.88 bits per heavy atom.